The largest absolute Gasteiger partial charge is 0.491 e. The summed E-state index contributed by atoms with van der Waals surface area (Å²) in [5.74, 6) is 0.0493. The lowest BCUT2D eigenvalue weighted by molar-refractivity contribution is 0.0736. The Morgan fingerprint density at radius 1 is 1.16 bits per heavy atom. The molecule has 4 aromatic rings. The van der Waals surface area contributed by atoms with Crippen LogP contribution in [0.1, 0.15) is 40.9 Å². The van der Waals surface area contributed by atoms with Crippen molar-refractivity contribution < 1.29 is 14.3 Å². The number of rotatable bonds is 8. The van der Waals surface area contributed by atoms with E-state index in [2.05, 4.69) is 15.1 Å². The van der Waals surface area contributed by atoms with Crippen molar-refractivity contribution in [2.75, 3.05) is 7.11 Å². The van der Waals surface area contributed by atoms with Gasteiger partial charge in [0.15, 0.2) is 5.75 Å². The Morgan fingerprint density at radius 3 is 2.57 bits per heavy atom. The van der Waals surface area contributed by atoms with Gasteiger partial charge in [0, 0.05) is 34.5 Å². The minimum absolute atomic E-state index is 0.0741. The van der Waals surface area contributed by atoms with Crippen molar-refractivity contribution in [3.8, 4) is 17.1 Å². The summed E-state index contributed by atoms with van der Waals surface area (Å²) in [5, 5.41) is 5.19. The number of halogens is 1. The van der Waals surface area contributed by atoms with Crippen molar-refractivity contribution in [1.82, 2.24) is 24.3 Å². The second kappa shape index (κ2) is 11.0. The number of methoxy groups -OCH3 is 1. The number of ether oxygens (including phenoxy) is 1. The van der Waals surface area contributed by atoms with E-state index in [1.165, 1.54) is 64.1 Å². The van der Waals surface area contributed by atoms with Gasteiger partial charge >= 0.3 is 0 Å². The van der Waals surface area contributed by atoms with Gasteiger partial charge in [0.05, 0.1) is 29.9 Å². The van der Waals surface area contributed by atoms with Crippen molar-refractivity contribution in [3.63, 3.8) is 0 Å². The Hall–Kier alpha value is -3.28. The SMILES string of the molecule is COc1ccc(-c2cc(SCc3ccc(Cl)s3)n(C(=O)C(C)(C)C)n2)n(CC(=O)c2cnccn2)c1=O. The van der Waals surface area contributed by atoms with Crippen LogP contribution in [-0.2, 0) is 12.3 Å². The van der Waals surface area contributed by atoms with Gasteiger partial charge in [0.1, 0.15) is 16.4 Å². The third-order valence-electron chi connectivity index (χ3n) is 5.27. The molecule has 0 aromatic carbocycles. The molecule has 4 aromatic heterocycles. The van der Waals surface area contributed by atoms with Crippen LogP contribution < -0.4 is 10.3 Å². The van der Waals surface area contributed by atoms with Gasteiger partial charge in [-0.1, -0.05) is 32.4 Å². The second-order valence-electron chi connectivity index (χ2n) is 9.02. The molecule has 0 unspecified atom stereocenters. The molecule has 0 aliphatic heterocycles. The minimum atomic E-state index is -0.702. The maximum atomic E-state index is 13.3. The summed E-state index contributed by atoms with van der Waals surface area (Å²) in [6.45, 7) is 5.13. The average Bonchev–Trinajstić information content (AvgIpc) is 3.49. The van der Waals surface area contributed by atoms with Crippen LogP contribution in [0.5, 0.6) is 5.75 Å². The van der Waals surface area contributed by atoms with Gasteiger partial charge < -0.3 is 4.74 Å². The number of ketones is 1. The molecule has 0 fully saturated rings. The number of thiophene rings is 1. The Bertz CT molecular complexity index is 1510. The van der Waals surface area contributed by atoms with Crippen LogP contribution in [0, 0.1) is 5.41 Å². The fourth-order valence-corrected chi connectivity index (χ4v) is 5.51. The first kappa shape index (κ1) is 26.8. The van der Waals surface area contributed by atoms with Crippen molar-refractivity contribution >= 4 is 46.4 Å². The summed E-state index contributed by atoms with van der Waals surface area (Å²) in [7, 11) is 1.38. The van der Waals surface area contributed by atoms with Crippen LogP contribution in [0.3, 0.4) is 0 Å². The molecular weight excluding hydrogens is 534 g/mol. The van der Waals surface area contributed by atoms with Gasteiger partial charge in [-0.15, -0.1) is 23.1 Å². The quantitative estimate of drug-likeness (QED) is 0.218. The number of aromatic nitrogens is 5. The Kier molecular flexibility index (Phi) is 7.96. The molecule has 0 spiro atoms. The number of thioether (sulfide) groups is 1. The standard InChI is InChI=1S/C25H24ClN5O4S2/c1-25(2,3)24(34)31-22(36-14-15-5-8-21(26)37-15)11-16(29-31)18-6-7-20(35-4)23(33)30(18)13-19(32)17-12-27-9-10-28-17/h5-12H,13-14H2,1-4H3. The van der Waals surface area contributed by atoms with Gasteiger partial charge in [-0.25, -0.2) is 4.98 Å². The molecule has 0 amide bonds. The number of hydrogen-bond donors (Lipinski definition) is 0. The molecule has 192 valence electrons. The van der Waals surface area contributed by atoms with Gasteiger partial charge in [0.25, 0.3) is 11.5 Å². The smallest absolute Gasteiger partial charge is 0.293 e. The fraction of sp³-hybridized carbons (Fsp3) is 0.280. The molecule has 0 atom stereocenters. The lowest BCUT2D eigenvalue weighted by Gasteiger charge is -2.17. The van der Waals surface area contributed by atoms with E-state index in [4.69, 9.17) is 16.3 Å². The topological polar surface area (TPSA) is 109 Å². The lowest BCUT2D eigenvalue weighted by atomic mass is 9.96. The van der Waals surface area contributed by atoms with Crippen LogP contribution in [0.2, 0.25) is 4.34 Å². The molecule has 0 aliphatic rings. The summed E-state index contributed by atoms with van der Waals surface area (Å²) < 4.78 is 8.52. The first-order valence-electron chi connectivity index (χ1n) is 11.2. The molecule has 0 aliphatic carbocycles. The highest BCUT2D eigenvalue weighted by Crippen LogP contribution is 2.33. The molecule has 12 heteroatoms. The van der Waals surface area contributed by atoms with Crippen molar-refractivity contribution in [2.24, 2.45) is 5.41 Å². The maximum absolute atomic E-state index is 13.3. The number of carbonyl (C=O) groups excluding carboxylic acids is 2. The van der Waals surface area contributed by atoms with E-state index in [0.29, 0.717) is 26.5 Å². The molecule has 4 rings (SSSR count). The minimum Gasteiger partial charge on any atom is -0.491 e. The first-order chi connectivity index (χ1) is 17.6. The van der Waals surface area contributed by atoms with E-state index in [9.17, 15) is 14.4 Å². The fourth-order valence-electron chi connectivity index (χ4n) is 3.39. The van der Waals surface area contributed by atoms with Crippen molar-refractivity contribution in [2.45, 2.75) is 38.1 Å². The molecule has 0 bridgehead atoms. The summed E-state index contributed by atoms with van der Waals surface area (Å²) in [5.41, 5.74) is -0.342. The zero-order valence-electron chi connectivity index (χ0n) is 20.6. The Labute approximate surface area is 226 Å². The Morgan fingerprint density at radius 2 is 1.95 bits per heavy atom. The van der Waals surface area contributed by atoms with Gasteiger partial charge in [-0.2, -0.15) is 9.78 Å². The van der Waals surface area contributed by atoms with E-state index in [0.717, 1.165) is 4.88 Å². The maximum Gasteiger partial charge on any atom is 0.293 e. The van der Waals surface area contributed by atoms with E-state index in [-0.39, 0.29) is 23.9 Å². The lowest BCUT2D eigenvalue weighted by Crippen LogP contribution is -2.29. The van der Waals surface area contributed by atoms with Crippen molar-refractivity contribution in [1.29, 1.82) is 0 Å². The monoisotopic (exact) mass is 557 g/mol. The Balaban J connectivity index is 1.78. The molecule has 37 heavy (non-hydrogen) atoms. The number of carbonyl (C=O) groups is 2. The molecule has 9 nitrogen and oxygen atoms in total. The van der Waals surface area contributed by atoms with Crippen LogP contribution >= 0.6 is 34.7 Å². The first-order valence-corrected chi connectivity index (χ1v) is 13.4. The third kappa shape index (κ3) is 6.00. The molecule has 4 heterocycles. The third-order valence-corrected chi connectivity index (χ3v) is 7.73. The van der Waals surface area contributed by atoms with Gasteiger partial charge in [-0.05, 0) is 24.3 Å². The van der Waals surface area contributed by atoms with E-state index < -0.39 is 16.8 Å². The molecule has 0 radical (unpaired) electrons. The highest BCUT2D eigenvalue weighted by Gasteiger charge is 2.28. The summed E-state index contributed by atoms with van der Waals surface area (Å²) in [6, 6.07) is 8.67. The predicted molar refractivity (Wildman–Crippen MR) is 144 cm³/mol. The predicted octanol–water partition coefficient (Wildman–Crippen LogP) is 5.09. The molecule has 0 saturated carbocycles. The van der Waals surface area contributed by atoms with Crippen LogP contribution in [0.25, 0.3) is 11.4 Å². The van der Waals surface area contributed by atoms with Gasteiger partial charge in [-0.3, -0.25) is 23.9 Å². The molecular formula is C25H24ClN5O4S2. The highest BCUT2D eigenvalue weighted by molar-refractivity contribution is 7.98. The zero-order chi connectivity index (χ0) is 26.7. The molecule has 0 N–H and O–H groups in total. The number of Topliss-reactive ketones (excluding diaryl/α,β-unsaturated/α-hetero) is 1. The zero-order valence-corrected chi connectivity index (χ0v) is 23.0. The van der Waals surface area contributed by atoms with Gasteiger partial charge in [0.2, 0.25) is 5.78 Å². The number of nitrogens with zero attached hydrogens (tertiary/aromatic N) is 5. The normalized spacial score (nSPS) is 11.5. The average molecular weight is 558 g/mol. The van der Waals surface area contributed by atoms with Crippen LogP contribution in [-0.4, -0.2) is 43.1 Å². The molecule has 0 saturated heterocycles. The summed E-state index contributed by atoms with van der Waals surface area (Å²) in [6.07, 6.45) is 4.21. The van der Waals surface area contributed by atoms with E-state index in [1.54, 1.807) is 12.1 Å². The summed E-state index contributed by atoms with van der Waals surface area (Å²) >= 11 is 8.97. The van der Waals surface area contributed by atoms with Crippen LogP contribution in [0.15, 0.2) is 58.7 Å². The van der Waals surface area contributed by atoms with Crippen molar-refractivity contribution in [3.05, 3.63) is 74.2 Å². The van der Waals surface area contributed by atoms with E-state index in [1.807, 2.05) is 32.9 Å². The van der Waals surface area contributed by atoms with E-state index >= 15 is 0 Å². The van der Waals surface area contributed by atoms with Crippen LogP contribution in [0.4, 0.5) is 0 Å². The second-order valence-corrected chi connectivity index (χ2v) is 11.8. The highest BCUT2D eigenvalue weighted by atomic mass is 35.5. The number of hydrogen-bond acceptors (Lipinski definition) is 9. The summed E-state index contributed by atoms with van der Waals surface area (Å²) in [4.78, 5) is 48.4. The number of pyridine rings is 1.